The first-order valence-electron chi connectivity index (χ1n) is 3.44. The van der Waals surface area contributed by atoms with Gasteiger partial charge in [-0.2, -0.15) is 0 Å². The van der Waals surface area contributed by atoms with Crippen LogP contribution < -0.4 is 0 Å². The highest BCUT2D eigenvalue weighted by Crippen LogP contribution is 2.33. The van der Waals surface area contributed by atoms with Crippen molar-refractivity contribution in [3.63, 3.8) is 0 Å². The zero-order chi connectivity index (χ0) is 8.01. The molecule has 0 saturated heterocycles. The molecule has 0 amide bonds. The number of hydrogen-bond acceptors (Lipinski definition) is 2. The van der Waals surface area contributed by atoms with E-state index in [0.29, 0.717) is 17.0 Å². The zero-order valence-corrected chi connectivity index (χ0v) is 9.55. The number of nitrogens with zero attached hydrogens (tertiary/aromatic N) is 3. The van der Waals surface area contributed by atoms with Gasteiger partial charge in [-0.15, -0.1) is 5.10 Å². The Morgan fingerprint density at radius 2 is 2.45 bits per heavy atom. The van der Waals surface area contributed by atoms with Crippen molar-refractivity contribution < 1.29 is 4.39 Å². The molecule has 1 aliphatic rings. The summed E-state index contributed by atoms with van der Waals surface area (Å²) < 4.78 is 15.2. The second-order valence-electron chi connectivity index (χ2n) is 2.74. The summed E-state index contributed by atoms with van der Waals surface area (Å²) in [5.74, 6) is 0.483. The van der Waals surface area contributed by atoms with Gasteiger partial charge in [0.15, 0.2) is 12.0 Å². The zero-order valence-electron chi connectivity index (χ0n) is 5.96. The molecule has 0 aromatic carbocycles. The smallest absolute Gasteiger partial charge is 0.252 e. The number of hydrogen-bond donors (Lipinski definition) is 0. The summed E-state index contributed by atoms with van der Waals surface area (Å²) in [6.07, 6.45) is -0.342. The van der Waals surface area contributed by atoms with Crippen molar-refractivity contribution in [2.75, 3.05) is 0 Å². The Hall–Kier alpha value is 0.0825. The summed E-state index contributed by atoms with van der Waals surface area (Å²) >= 11 is 4.05. The molecule has 2 rings (SSSR count). The third kappa shape index (κ3) is 1.14. The average Bonchev–Trinajstić information content (AvgIpc) is 2.38. The first-order chi connectivity index (χ1) is 5.18. The monoisotopic (exact) mass is 233 g/mol. The van der Waals surface area contributed by atoms with Crippen LogP contribution in [0.4, 0.5) is 4.39 Å². The van der Waals surface area contributed by atoms with Gasteiger partial charge in [-0.25, -0.2) is 9.37 Å². The van der Waals surface area contributed by atoms with E-state index >= 15 is 0 Å². The lowest BCUT2D eigenvalue weighted by atomic mass is 10.3. The van der Waals surface area contributed by atoms with Gasteiger partial charge in [0.25, 0.3) is 16.3 Å². The van der Waals surface area contributed by atoms with Crippen LogP contribution in [0.2, 0.25) is 0 Å². The van der Waals surface area contributed by atoms with Crippen molar-refractivity contribution in [2.45, 2.75) is 17.5 Å². The Balaban J connectivity index is 2.50. The maximum absolute atomic E-state index is 13.1. The fourth-order valence-electron chi connectivity index (χ4n) is 1.35. The summed E-state index contributed by atoms with van der Waals surface area (Å²) in [5, 5.41) is 4.04. The molecule has 1 aliphatic heterocycles. The highest BCUT2D eigenvalue weighted by atomic mass is 79.9. The minimum atomic E-state index is -0.906. The Labute approximate surface area is 79.5 Å². The Morgan fingerprint density at radius 3 is 3.09 bits per heavy atom. The Bertz CT molecular complexity index is 264. The fourth-order valence-corrected chi connectivity index (χ4v) is 2.50. The van der Waals surface area contributed by atoms with Crippen LogP contribution in [-0.2, 0) is 0 Å². The summed E-state index contributed by atoms with van der Waals surface area (Å²) in [7, 11) is 0. The van der Waals surface area contributed by atoms with E-state index in [1.807, 2.05) is 0 Å². The van der Waals surface area contributed by atoms with Gasteiger partial charge in [0.1, 0.15) is 0 Å². The van der Waals surface area contributed by atoms with Gasteiger partial charge in [-0.3, -0.25) is 4.68 Å². The third-order valence-corrected chi connectivity index (χ3v) is 3.17. The van der Waals surface area contributed by atoms with Crippen LogP contribution in [0.1, 0.15) is 23.3 Å². The number of rotatable bonds is 0. The van der Waals surface area contributed by atoms with Gasteiger partial charge in [0.05, 0.1) is 0 Å². The summed E-state index contributed by atoms with van der Waals surface area (Å²) in [5.41, 5.74) is 0. The first kappa shape index (κ1) is 7.72. The minimum Gasteiger partial charge on any atom is -0.258 e. The fraction of sp³-hybridized carbons (Fsp3) is 0.600. The van der Waals surface area contributed by atoms with E-state index < -0.39 is 6.17 Å². The molecule has 11 heavy (non-hydrogen) atoms. The van der Waals surface area contributed by atoms with Crippen LogP contribution in [0.15, 0.2) is 4.73 Å². The molecule has 2 heterocycles. The van der Waals surface area contributed by atoms with Crippen molar-refractivity contribution in [1.82, 2.24) is 14.8 Å². The summed E-state index contributed by atoms with van der Waals surface area (Å²) in [6.45, 7) is 0. The highest BCUT2D eigenvalue weighted by Gasteiger charge is 2.30. The van der Waals surface area contributed by atoms with Gasteiger partial charge in [-0.1, -0.05) is 0 Å². The topological polar surface area (TPSA) is 30.7 Å². The maximum atomic E-state index is 13.1. The van der Waals surface area contributed by atoms with Gasteiger partial charge in [0, 0.05) is 0 Å². The van der Waals surface area contributed by atoms with E-state index in [2.05, 4.69) is 26.0 Å². The molecule has 0 N–H and O–H groups in total. The van der Waals surface area contributed by atoms with Gasteiger partial charge in [-0.05, 0) is 27.3 Å². The molecule has 6 heteroatoms. The van der Waals surface area contributed by atoms with Crippen molar-refractivity contribution >= 4 is 32.2 Å². The van der Waals surface area contributed by atoms with Crippen LogP contribution >= 0.6 is 15.9 Å². The summed E-state index contributed by atoms with van der Waals surface area (Å²) in [4.78, 5) is 4.22. The molecular weight excluding hydrogens is 228 g/mol. The molecule has 0 bridgehead atoms. The van der Waals surface area contributed by atoms with Crippen molar-refractivity contribution in [1.29, 1.82) is 0 Å². The van der Waals surface area contributed by atoms with Gasteiger partial charge in [0.2, 0.25) is 4.73 Å². The molecular formula is C5H6AlBrFN3. The van der Waals surface area contributed by atoms with Crippen molar-refractivity contribution in [2.24, 2.45) is 0 Å². The van der Waals surface area contributed by atoms with E-state index in [1.54, 1.807) is 4.68 Å². The summed E-state index contributed by atoms with van der Waals surface area (Å²) in [6, 6.07) is 0. The molecule has 0 radical (unpaired) electrons. The van der Waals surface area contributed by atoms with E-state index in [1.165, 1.54) is 0 Å². The predicted molar refractivity (Wildman–Crippen MR) is 43.8 cm³/mol. The third-order valence-electron chi connectivity index (χ3n) is 1.88. The first-order valence-corrected chi connectivity index (χ1v) is 5.39. The highest BCUT2D eigenvalue weighted by molar-refractivity contribution is 9.10. The second-order valence-corrected chi connectivity index (χ2v) is 4.78. The number of fused-ring (bicyclic) bond motifs is 1. The molecule has 2 atom stereocenters. The predicted octanol–water partition coefficient (Wildman–Crippen LogP) is 0.587. The van der Waals surface area contributed by atoms with Crippen LogP contribution in [0.3, 0.4) is 0 Å². The van der Waals surface area contributed by atoms with E-state index in [9.17, 15) is 4.39 Å². The SMILES string of the molecule is F[C@H]1C[C@@H]([AlH2])n2nc(Br)nc21. The number of halogens is 2. The quantitative estimate of drug-likeness (QED) is 0.615. The number of aromatic nitrogens is 3. The maximum Gasteiger partial charge on any atom is 0.252 e. The van der Waals surface area contributed by atoms with Gasteiger partial charge < -0.3 is 0 Å². The van der Waals surface area contributed by atoms with Crippen LogP contribution in [-0.4, -0.2) is 31.1 Å². The molecule has 58 valence electrons. The van der Waals surface area contributed by atoms with Crippen LogP contribution in [0.5, 0.6) is 0 Å². The van der Waals surface area contributed by atoms with E-state index in [-0.39, 0.29) is 4.90 Å². The molecule has 0 aliphatic carbocycles. The van der Waals surface area contributed by atoms with Crippen molar-refractivity contribution in [3.8, 4) is 0 Å². The lowest BCUT2D eigenvalue weighted by Crippen LogP contribution is -2.04. The molecule has 0 fully saturated rings. The molecule has 1 aromatic rings. The lowest BCUT2D eigenvalue weighted by Gasteiger charge is -2.00. The normalized spacial score (nSPS) is 28.9. The molecule has 3 nitrogen and oxygen atoms in total. The molecule has 0 saturated carbocycles. The van der Waals surface area contributed by atoms with Gasteiger partial charge >= 0.3 is 0 Å². The Kier molecular flexibility index (Phi) is 1.78. The standard InChI is InChI=1S/C5H4BrFN3.Al.2H/c6-5-8-4-3(7)1-2-10(4)9-5;;;/h2-3H,1H2;;;/t3-;;;/m0.../s1. The molecule has 1 aromatic heterocycles. The van der Waals surface area contributed by atoms with E-state index in [4.69, 9.17) is 0 Å². The van der Waals surface area contributed by atoms with Crippen LogP contribution in [0.25, 0.3) is 0 Å². The second kappa shape index (κ2) is 2.54. The van der Waals surface area contributed by atoms with Crippen molar-refractivity contribution in [3.05, 3.63) is 10.6 Å². The lowest BCUT2D eigenvalue weighted by molar-refractivity contribution is 0.334. The Morgan fingerprint density at radius 1 is 1.73 bits per heavy atom. The minimum absolute atomic E-state index is 0.277. The van der Waals surface area contributed by atoms with Crippen LogP contribution in [0, 0.1) is 0 Å². The van der Waals surface area contributed by atoms with E-state index in [0.717, 1.165) is 16.3 Å². The molecule has 0 unspecified atom stereocenters. The largest absolute Gasteiger partial charge is 0.258 e. The average molecular weight is 234 g/mol. The molecule has 0 spiro atoms. The number of alkyl halides is 1.